The number of pyridine rings is 1. The Morgan fingerprint density at radius 3 is 2.68 bits per heavy atom. The smallest absolute Gasteiger partial charge is 0.275 e. The van der Waals surface area contributed by atoms with Crippen LogP contribution in [-0.4, -0.2) is 33.8 Å². The van der Waals surface area contributed by atoms with Crippen molar-refractivity contribution in [3.8, 4) is 0 Å². The summed E-state index contributed by atoms with van der Waals surface area (Å²) in [6, 6.07) is 11.2. The fraction of sp³-hybridized carbons (Fsp3) is 0.333. The third-order valence-corrected chi connectivity index (χ3v) is 5.08. The fourth-order valence-corrected chi connectivity index (χ4v) is 3.59. The van der Waals surface area contributed by atoms with Gasteiger partial charge in [0.25, 0.3) is 5.56 Å². The molecule has 4 rings (SSSR count). The molecule has 7 nitrogen and oxygen atoms in total. The highest BCUT2D eigenvalue weighted by Gasteiger charge is 2.14. The Bertz CT molecular complexity index is 1070. The van der Waals surface area contributed by atoms with E-state index in [0.717, 1.165) is 35.6 Å². The van der Waals surface area contributed by atoms with Crippen LogP contribution in [0.4, 0.5) is 5.82 Å². The average molecular weight is 377 g/mol. The van der Waals surface area contributed by atoms with Crippen molar-refractivity contribution >= 4 is 22.5 Å². The summed E-state index contributed by atoms with van der Waals surface area (Å²) >= 11 is 0. The van der Waals surface area contributed by atoms with Crippen LogP contribution in [0.15, 0.2) is 47.4 Å². The highest BCUT2D eigenvalue weighted by Crippen LogP contribution is 2.18. The van der Waals surface area contributed by atoms with Gasteiger partial charge in [0.05, 0.1) is 11.1 Å². The lowest BCUT2D eigenvalue weighted by Gasteiger charge is -2.17. The maximum Gasteiger partial charge on any atom is 0.275 e. The summed E-state index contributed by atoms with van der Waals surface area (Å²) in [6.07, 6.45) is 4.15. The van der Waals surface area contributed by atoms with Crippen LogP contribution in [-0.2, 0) is 17.9 Å². The summed E-state index contributed by atoms with van der Waals surface area (Å²) < 4.78 is 1.23. The molecule has 0 atom stereocenters. The minimum absolute atomic E-state index is 0.103. The van der Waals surface area contributed by atoms with Gasteiger partial charge in [-0.25, -0.2) is 9.67 Å². The lowest BCUT2D eigenvalue weighted by Crippen LogP contribution is -2.34. The predicted octanol–water partition coefficient (Wildman–Crippen LogP) is 2.02. The zero-order valence-corrected chi connectivity index (χ0v) is 15.9. The van der Waals surface area contributed by atoms with Crippen molar-refractivity contribution in [2.75, 3.05) is 18.0 Å². The normalized spacial score (nSPS) is 13.8. The van der Waals surface area contributed by atoms with Crippen molar-refractivity contribution in [2.24, 2.45) is 0 Å². The Hall–Kier alpha value is -3.22. The topological polar surface area (TPSA) is 80.1 Å². The van der Waals surface area contributed by atoms with Crippen molar-refractivity contribution in [2.45, 2.75) is 32.9 Å². The Morgan fingerprint density at radius 2 is 1.89 bits per heavy atom. The molecule has 3 aromatic rings. The standard InChI is InChI=1S/C21H23N5O2/c1-15-17-6-2-3-7-18(17)21(28)26(24-15)14-20(27)23-13-16-8-9-22-19(12-16)25-10-4-5-11-25/h2-3,6-9,12H,4-5,10-11,13-14H2,1H3,(H,23,27). The van der Waals surface area contributed by atoms with Gasteiger partial charge in [0.2, 0.25) is 5.91 Å². The number of hydrogen-bond donors (Lipinski definition) is 1. The maximum absolute atomic E-state index is 12.6. The van der Waals surface area contributed by atoms with Crippen molar-refractivity contribution in [3.63, 3.8) is 0 Å². The number of amides is 1. The minimum Gasteiger partial charge on any atom is -0.357 e. The number of anilines is 1. The third kappa shape index (κ3) is 3.74. The molecule has 2 aromatic heterocycles. The van der Waals surface area contributed by atoms with Crippen molar-refractivity contribution in [3.05, 3.63) is 64.2 Å². The molecular weight excluding hydrogens is 354 g/mol. The molecule has 7 heteroatoms. The molecule has 1 N–H and O–H groups in total. The first-order valence-corrected chi connectivity index (χ1v) is 9.55. The van der Waals surface area contributed by atoms with Crippen LogP contribution in [0.25, 0.3) is 10.8 Å². The number of aromatic nitrogens is 3. The molecule has 28 heavy (non-hydrogen) atoms. The van der Waals surface area contributed by atoms with E-state index in [0.29, 0.717) is 11.9 Å². The number of nitrogens with one attached hydrogen (secondary N) is 1. The molecule has 1 fully saturated rings. The van der Waals surface area contributed by atoms with Crippen LogP contribution in [0.2, 0.25) is 0 Å². The van der Waals surface area contributed by atoms with Crippen LogP contribution in [0.5, 0.6) is 0 Å². The van der Waals surface area contributed by atoms with Crippen molar-refractivity contribution < 1.29 is 4.79 Å². The fourth-order valence-electron chi connectivity index (χ4n) is 3.59. The maximum atomic E-state index is 12.6. The Morgan fingerprint density at radius 1 is 1.14 bits per heavy atom. The average Bonchev–Trinajstić information content (AvgIpc) is 3.26. The van der Waals surface area contributed by atoms with Gasteiger partial charge in [0, 0.05) is 31.2 Å². The van der Waals surface area contributed by atoms with Gasteiger partial charge in [0.1, 0.15) is 12.4 Å². The zero-order valence-electron chi connectivity index (χ0n) is 15.9. The molecular formula is C21H23N5O2. The molecule has 0 bridgehead atoms. The van der Waals surface area contributed by atoms with Crippen molar-refractivity contribution in [1.82, 2.24) is 20.1 Å². The zero-order chi connectivity index (χ0) is 19.5. The Labute approximate surface area is 163 Å². The van der Waals surface area contributed by atoms with Crippen molar-refractivity contribution in [1.29, 1.82) is 0 Å². The first kappa shape index (κ1) is 18.2. The molecule has 0 spiro atoms. The van der Waals surface area contributed by atoms with Gasteiger partial charge in [-0.3, -0.25) is 9.59 Å². The number of carbonyl (C=O) groups excluding carboxylic acids is 1. The molecule has 0 aliphatic carbocycles. The van der Waals surface area contributed by atoms with Gasteiger partial charge >= 0.3 is 0 Å². The molecule has 1 aliphatic heterocycles. The Balaban J connectivity index is 1.44. The second kappa shape index (κ2) is 7.80. The third-order valence-electron chi connectivity index (χ3n) is 5.08. The number of carbonyl (C=O) groups is 1. The highest BCUT2D eigenvalue weighted by atomic mass is 16.2. The first-order chi connectivity index (χ1) is 13.6. The van der Waals surface area contributed by atoms with Gasteiger partial charge in [-0.1, -0.05) is 18.2 Å². The second-order valence-electron chi connectivity index (χ2n) is 7.09. The van der Waals surface area contributed by atoms with Crippen LogP contribution in [0.3, 0.4) is 0 Å². The number of hydrogen-bond acceptors (Lipinski definition) is 5. The summed E-state index contributed by atoms with van der Waals surface area (Å²) in [5.74, 6) is 0.705. The second-order valence-corrected chi connectivity index (χ2v) is 7.09. The molecule has 0 radical (unpaired) electrons. The van der Waals surface area contributed by atoms with Crippen LogP contribution in [0, 0.1) is 6.92 Å². The lowest BCUT2D eigenvalue weighted by molar-refractivity contribution is -0.122. The lowest BCUT2D eigenvalue weighted by atomic mass is 10.1. The number of benzene rings is 1. The van der Waals surface area contributed by atoms with E-state index in [9.17, 15) is 9.59 Å². The van der Waals surface area contributed by atoms with E-state index in [2.05, 4.69) is 20.3 Å². The van der Waals surface area contributed by atoms with Crippen LogP contribution >= 0.6 is 0 Å². The van der Waals surface area contributed by atoms with E-state index in [1.54, 1.807) is 12.3 Å². The van der Waals surface area contributed by atoms with E-state index in [4.69, 9.17) is 0 Å². The molecule has 0 unspecified atom stereocenters. The first-order valence-electron chi connectivity index (χ1n) is 9.55. The predicted molar refractivity (Wildman–Crippen MR) is 108 cm³/mol. The van der Waals surface area contributed by atoms with Gasteiger partial charge in [0.15, 0.2) is 0 Å². The van der Waals surface area contributed by atoms with Crippen LogP contribution in [0.1, 0.15) is 24.1 Å². The van der Waals surface area contributed by atoms with Crippen LogP contribution < -0.4 is 15.8 Å². The van der Waals surface area contributed by atoms with E-state index in [-0.39, 0.29) is 18.0 Å². The number of nitrogens with zero attached hydrogens (tertiary/aromatic N) is 4. The monoisotopic (exact) mass is 377 g/mol. The Kier molecular flexibility index (Phi) is 5.06. The van der Waals surface area contributed by atoms with Gasteiger partial charge in [-0.05, 0) is 43.5 Å². The van der Waals surface area contributed by atoms with Gasteiger partial charge < -0.3 is 10.2 Å². The molecule has 1 aromatic carbocycles. The van der Waals surface area contributed by atoms with Gasteiger partial charge in [-0.15, -0.1) is 0 Å². The van der Waals surface area contributed by atoms with E-state index < -0.39 is 0 Å². The van der Waals surface area contributed by atoms with E-state index >= 15 is 0 Å². The summed E-state index contributed by atoms with van der Waals surface area (Å²) in [7, 11) is 0. The number of fused-ring (bicyclic) bond motifs is 1. The molecule has 1 saturated heterocycles. The van der Waals surface area contributed by atoms with E-state index in [1.165, 1.54) is 17.5 Å². The summed E-state index contributed by atoms with van der Waals surface area (Å²) in [6.45, 7) is 4.18. The quantitative estimate of drug-likeness (QED) is 0.736. The summed E-state index contributed by atoms with van der Waals surface area (Å²) in [5.41, 5.74) is 1.46. The number of aryl methyl sites for hydroxylation is 1. The SMILES string of the molecule is Cc1nn(CC(=O)NCc2ccnc(N3CCCC3)c2)c(=O)c2ccccc12. The molecule has 0 saturated carbocycles. The molecule has 1 aliphatic rings. The number of rotatable bonds is 5. The molecule has 3 heterocycles. The minimum atomic E-state index is -0.253. The molecule has 1 amide bonds. The largest absolute Gasteiger partial charge is 0.357 e. The van der Waals surface area contributed by atoms with Gasteiger partial charge in [-0.2, -0.15) is 5.10 Å². The summed E-state index contributed by atoms with van der Waals surface area (Å²) in [5, 5.41) is 8.56. The van der Waals surface area contributed by atoms with E-state index in [1.807, 2.05) is 37.3 Å². The highest BCUT2D eigenvalue weighted by molar-refractivity contribution is 5.83. The summed E-state index contributed by atoms with van der Waals surface area (Å²) in [4.78, 5) is 31.7. The molecule has 144 valence electrons.